The topological polar surface area (TPSA) is 83.4 Å². The summed E-state index contributed by atoms with van der Waals surface area (Å²) >= 11 is 0. The lowest BCUT2D eigenvalue weighted by atomic mass is 10.2. The van der Waals surface area contributed by atoms with Crippen molar-refractivity contribution in [3.8, 4) is 0 Å². The third-order valence-electron chi connectivity index (χ3n) is 3.37. The van der Waals surface area contributed by atoms with E-state index in [0.717, 1.165) is 6.42 Å². The summed E-state index contributed by atoms with van der Waals surface area (Å²) in [5.41, 5.74) is 1.21. The molecule has 0 aliphatic heterocycles. The zero-order chi connectivity index (χ0) is 16.7. The minimum atomic E-state index is -0.336. The van der Waals surface area contributed by atoms with Gasteiger partial charge in [-0.1, -0.05) is 13.0 Å². The van der Waals surface area contributed by atoms with Gasteiger partial charge in [-0.15, -0.1) is 0 Å². The minimum absolute atomic E-state index is 0.125. The number of anilines is 2. The summed E-state index contributed by atoms with van der Waals surface area (Å²) in [6.45, 7) is 4.33. The predicted octanol–water partition coefficient (Wildman–Crippen LogP) is 2.86. The van der Waals surface area contributed by atoms with Crippen molar-refractivity contribution in [3.63, 3.8) is 0 Å². The SMILES string of the molecule is CCC(C)NCC(=O)Nc1cccc(NC(=O)c2ccco2)c1. The summed E-state index contributed by atoms with van der Waals surface area (Å²) in [6, 6.07) is 10.5. The van der Waals surface area contributed by atoms with Crippen molar-refractivity contribution in [3.05, 3.63) is 48.4 Å². The molecule has 0 spiro atoms. The number of benzene rings is 1. The number of hydrogen-bond acceptors (Lipinski definition) is 4. The van der Waals surface area contributed by atoms with Crippen molar-refractivity contribution in [2.24, 2.45) is 0 Å². The fraction of sp³-hybridized carbons (Fsp3) is 0.294. The molecule has 1 unspecified atom stereocenters. The first-order chi connectivity index (χ1) is 11.1. The van der Waals surface area contributed by atoms with E-state index in [1.165, 1.54) is 6.26 Å². The fourth-order valence-electron chi connectivity index (χ4n) is 1.89. The van der Waals surface area contributed by atoms with Crippen LogP contribution in [0.15, 0.2) is 47.1 Å². The van der Waals surface area contributed by atoms with Crippen molar-refractivity contribution >= 4 is 23.2 Å². The molecule has 0 aliphatic carbocycles. The lowest BCUT2D eigenvalue weighted by Gasteiger charge is -2.12. The molecule has 0 aliphatic rings. The second-order valence-electron chi connectivity index (χ2n) is 5.25. The molecule has 23 heavy (non-hydrogen) atoms. The number of carbonyl (C=O) groups is 2. The number of furan rings is 1. The van der Waals surface area contributed by atoms with Crippen LogP contribution in [0.2, 0.25) is 0 Å². The maximum atomic E-state index is 11.9. The molecule has 1 aromatic heterocycles. The van der Waals surface area contributed by atoms with Crippen molar-refractivity contribution in [2.45, 2.75) is 26.3 Å². The fourth-order valence-corrected chi connectivity index (χ4v) is 1.89. The Labute approximate surface area is 135 Å². The number of amides is 2. The van der Waals surface area contributed by atoms with Gasteiger partial charge in [-0.3, -0.25) is 9.59 Å². The van der Waals surface area contributed by atoms with Gasteiger partial charge in [0.1, 0.15) is 0 Å². The molecule has 0 bridgehead atoms. The summed E-state index contributed by atoms with van der Waals surface area (Å²) < 4.78 is 5.04. The van der Waals surface area contributed by atoms with Crippen LogP contribution in [0.5, 0.6) is 0 Å². The molecule has 122 valence electrons. The maximum Gasteiger partial charge on any atom is 0.291 e. The first-order valence-corrected chi connectivity index (χ1v) is 7.56. The molecule has 1 heterocycles. The highest BCUT2D eigenvalue weighted by atomic mass is 16.3. The van der Waals surface area contributed by atoms with E-state index in [-0.39, 0.29) is 24.1 Å². The first-order valence-electron chi connectivity index (χ1n) is 7.56. The van der Waals surface area contributed by atoms with Crippen LogP contribution in [0.1, 0.15) is 30.8 Å². The first kappa shape index (κ1) is 16.8. The molecular weight excluding hydrogens is 294 g/mol. The average molecular weight is 315 g/mol. The Hall–Kier alpha value is -2.60. The summed E-state index contributed by atoms with van der Waals surface area (Å²) in [4.78, 5) is 23.8. The Balaban J connectivity index is 1.92. The van der Waals surface area contributed by atoms with E-state index in [9.17, 15) is 9.59 Å². The normalized spacial score (nSPS) is 11.7. The lowest BCUT2D eigenvalue weighted by molar-refractivity contribution is -0.115. The van der Waals surface area contributed by atoms with Crippen LogP contribution in [0.3, 0.4) is 0 Å². The van der Waals surface area contributed by atoms with Crippen LogP contribution in [-0.4, -0.2) is 24.4 Å². The molecule has 1 atom stereocenters. The van der Waals surface area contributed by atoms with E-state index in [0.29, 0.717) is 17.4 Å². The molecule has 0 saturated heterocycles. The van der Waals surface area contributed by atoms with Crippen molar-refractivity contribution < 1.29 is 14.0 Å². The molecule has 0 fully saturated rings. The predicted molar refractivity (Wildman–Crippen MR) is 89.5 cm³/mol. The molecule has 1 aromatic carbocycles. The van der Waals surface area contributed by atoms with E-state index in [2.05, 4.69) is 22.9 Å². The lowest BCUT2D eigenvalue weighted by Crippen LogP contribution is -2.33. The van der Waals surface area contributed by atoms with E-state index in [1.54, 1.807) is 36.4 Å². The summed E-state index contributed by atoms with van der Waals surface area (Å²) in [6.07, 6.45) is 2.40. The summed E-state index contributed by atoms with van der Waals surface area (Å²) in [5.74, 6) is -0.228. The highest BCUT2D eigenvalue weighted by Gasteiger charge is 2.09. The van der Waals surface area contributed by atoms with Crippen LogP contribution >= 0.6 is 0 Å². The van der Waals surface area contributed by atoms with Crippen molar-refractivity contribution in [2.75, 3.05) is 17.2 Å². The van der Waals surface area contributed by atoms with Crippen LogP contribution in [-0.2, 0) is 4.79 Å². The Morgan fingerprint density at radius 2 is 1.87 bits per heavy atom. The molecule has 6 heteroatoms. The monoisotopic (exact) mass is 315 g/mol. The second kappa shape index (κ2) is 8.14. The number of hydrogen-bond donors (Lipinski definition) is 3. The Morgan fingerprint density at radius 3 is 2.52 bits per heavy atom. The van der Waals surface area contributed by atoms with E-state index < -0.39 is 0 Å². The Kier molecular flexibility index (Phi) is 5.94. The van der Waals surface area contributed by atoms with Crippen molar-refractivity contribution in [1.82, 2.24) is 5.32 Å². The van der Waals surface area contributed by atoms with Gasteiger partial charge in [-0.2, -0.15) is 0 Å². The largest absolute Gasteiger partial charge is 0.459 e. The quantitative estimate of drug-likeness (QED) is 0.733. The maximum absolute atomic E-state index is 11.9. The highest BCUT2D eigenvalue weighted by molar-refractivity contribution is 6.02. The van der Waals surface area contributed by atoms with Crippen molar-refractivity contribution in [1.29, 1.82) is 0 Å². The standard InChI is InChI=1S/C17H21N3O3/c1-3-12(2)18-11-16(21)19-13-6-4-7-14(10-13)20-17(22)15-8-5-9-23-15/h4-10,12,18H,3,11H2,1-2H3,(H,19,21)(H,20,22). The average Bonchev–Trinajstić information content (AvgIpc) is 3.07. The van der Waals surface area contributed by atoms with Crippen LogP contribution in [0, 0.1) is 0 Å². The molecule has 3 N–H and O–H groups in total. The minimum Gasteiger partial charge on any atom is -0.459 e. The number of nitrogens with one attached hydrogen (secondary N) is 3. The van der Waals surface area contributed by atoms with Gasteiger partial charge in [-0.05, 0) is 43.7 Å². The van der Waals surface area contributed by atoms with Gasteiger partial charge in [0, 0.05) is 17.4 Å². The van der Waals surface area contributed by atoms with Gasteiger partial charge in [0.05, 0.1) is 12.8 Å². The van der Waals surface area contributed by atoms with Gasteiger partial charge in [0.25, 0.3) is 5.91 Å². The summed E-state index contributed by atoms with van der Waals surface area (Å²) in [5, 5.41) is 8.63. The molecule has 2 rings (SSSR count). The number of rotatable bonds is 7. The highest BCUT2D eigenvalue weighted by Crippen LogP contribution is 2.16. The molecule has 6 nitrogen and oxygen atoms in total. The van der Waals surface area contributed by atoms with Crippen LogP contribution in [0.25, 0.3) is 0 Å². The van der Waals surface area contributed by atoms with Gasteiger partial charge >= 0.3 is 0 Å². The van der Waals surface area contributed by atoms with E-state index >= 15 is 0 Å². The smallest absolute Gasteiger partial charge is 0.291 e. The zero-order valence-electron chi connectivity index (χ0n) is 13.3. The second-order valence-corrected chi connectivity index (χ2v) is 5.25. The zero-order valence-corrected chi connectivity index (χ0v) is 13.3. The van der Waals surface area contributed by atoms with E-state index in [1.807, 2.05) is 6.92 Å². The Bertz CT molecular complexity index is 653. The van der Waals surface area contributed by atoms with Gasteiger partial charge in [-0.25, -0.2) is 0 Å². The molecule has 2 aromatic rings. The van der Waals surface area contributed by atoms with Gasteiger partial charge < -0.3 is 20.4 Å². The Morgan fingerprint density at radius 1 is 1.13 bits per heavy atom. The summed E-state index contributed by atoms with van der Waals surface area (Å²) in [7, 11) is 0. The third kappa shape index (κ3) is 5.27. The third-order valence-corrected chi connectivity index (χ3v) is 3.37. The molecular formula is C17H21N3O3. The van der Waals surface area contributed by atoms with Crippen LogP contribution in [0.4, 0.5) is 11.4 Å². The van der Waals surface area contributed by atoms with E-state index in [4.69, 9.17) is 4.42 Å². The molecule has 2 amide bonds. The van der Waals surface area contributed by atoms with Gasteiger partial charge in [0.2, 0.25) is 5.91 Å². The molecule has 0 radical (unpaired) electrons. The van der Waals surface area contributed by atoms with Gasteiger partial charge in [0.15, 0.2) is 5.76 Å². The van der Waals surface area contributed by atoms with Crippen LogP contribution < -0.4 is 16.0 Å². The number of carbonyl (C=O) groups excluding carboxylic acids is 2. The molecule has 0 saturated carbocycles.